The molecule has 1 aliphatic heterocycles. The standard InChI is InChI=1S/C14H23N3O2S.ClH/c1-9-11(3)17(6-5-15-9)14(18)8-20-7-13-10(2)16-19-12(13)4;/h9,11,15H,5-8H2,1-4H3;1H. The van der Waals surface area contributed by atoms with Crippen LogP contribution >= 0.6 is 24.2 Å². The van der Waals surface area contributed by atoms with E-state index < -0.39 is 0 Å². The van der Waals surface area contributed by atoms with E-state index in [0.29, 0.717) is 11.8 Å². The molecule has 0 bridgehead atoms. The number of hydrogen-bond donors (Lipinski definition) is 1. The van der Waals surface area contributed by atoms with Gasteiger partial charge in [-0.15, -0.1) is 24.2 Å². The second-order valence-corrected chi connectivity index (χ2v) is 6.35. The van der Waals surface area contributed by atoms with Crippen LogP contribution < -0.4 is 5.32 Å². The number of halogens is 1. The summed E-state index contributed by atoms with van der Waals surface area (Å²) in [5.41, 5.74) is 2.04. The van der Waals surface area contributed by atoms with E-state index in [1.807, 2.05) is 18.7 Å². The van der Waals surface area contributed by atoms with Crippen molar-refractivity contribution in [1.82, 2.24) is 15.4 Å². The van der Waals surface area contributed by atoms with E-state index in [-0.39, 0.29) is 24.4 Å². The van der Waals surface area contributed by atoms with Crippen LogP contribution in [0.3, 0.4) is 0 Å². The summed E-state index contributed by atoms with van der Waals surface area (Å²) in [6, 6.07) is 0.621. The summed E-state index contributed by atoms with van der Waals surface area (Å²) < 4.78 is 5.13. The molecule has 2 rings (SSSR count). The Kier molecular flexibility index (Phi) is 7.03. The van der Waals surface area contributed by atoms with Crippen molar-refractivity contribution in [2.45, 2.75) is 45.5 Å². The molecule has 0 aliphatic carbocycles. The maximum Gasteiger partial charge on any atom is 0.232 e. The average molecular weight is 334 g/mol. The summed E-state index contributed by atoms with van der Waals surface area (Å²) in [6.45, 7) is 9.77. The molecule has 0 saturated carbocycles. The minimum atomic E-state index is 0. The van der Waals surface area contributed by atoms with Crippen LogP contribution in [0.15, 0.2) is 4.52 Å². The predicted molar refractivity (Wildman–Crippen MR) is 88.0 cm³/mol. The number of hydrogen-bond acceptors (Lipinski definition) is 5. The first-order valence-corrected chi connectivity index (χ1v) is 8.18. The van der Waals surface area contributed by atoms with Crippen LogP contribution in [0.2, 0.25) is 0 Å². The number of nitrogens with one attached hydrogen (secondary N) is 1. The number of carbonyl (C=O) groups excluding carboxylic acids is 1. The molecule has 0 spiro atoms. The van der Waals surface area contributed by atoms with Gasteiger partial charge in [0.25, 0.3) is 0 Å². The van der Waals surface area contributed by atoms with E-state index >= 15 is 0 Å². The van der Waals surface area contributed by atoms with Crippen molar-refractivity contribution in [2.75, 3.05) is 18.8 Å². The number of aryl methyl sites for hydroxylation is 2. The zero-order valence-electron chi connectivity index (χ0n) is 13.0. The lowest BCUT2D eigenvalue weighted by molar-refractivity contribution is -0.131. The number of nitrogens with zero attached hydrogens (tertiary/aromatic N) is 2. The molecule has 5 nitrogen and oxygen atoms in total. The first-order valence-electron chi connectivity index (χ1n) is 7.03. The Morgan fingerprint density at radius 2 is 2.19 bits per heavy atom. The van der Waals surface area contributed by atoms with Gasteiger partial charge in [0.15, 0.2) is 0 Å². The van der Waals surface area contributed by atoms with Gasteiger partial charge in [-0.25, -0.2) is 0 Å². The Bertz CT molecular complexity index is 461. The van der Waals surface area contributed by atoms with Crippen LogP contribution in [0.4, 0.5) is 0 Å². The number of amides is 1. The molecular weight excluding hydrogens is 310 g/mol. The predicted octanol–water partition coefficient (Wildman–Crippen LogP) is 2.16. The summed E-state index contributed by atoms with van der Waals surface area (Å²) in [5.74, 6) is 2.37. The third-order valence-corrected chi connectivity index (χ3v) is 4.95. The minimum absolute atomic E-state index is 0. The lowest BCUT2D eigenvalue weighted by Crippen LogP contribution is -2.57. The molecule has 1 fully saturated rings. The van der Waals surface area contributed by atoms with Crippen molar-refractivity contribution >= 4 is 30.1 Å². The summed E-state index contributed by atoms with van der Waals surface area (Å²) >= 11 is 1.63. The molecule has 2 heterocycles. The van der Waals surface area contributed by atoms with Crippen molar-refractivity contribution < 1.29 is 9.32 Å². The van der Waals surface area contributed by atoms with Gasteiger partial charge in [-0.3, -0.25) is 4.79 Å². The SMILES string of the molecule is Cc1noc(C)c1CSCC(=O)N1CCNC(C)C1C.Cl. The number of aromatic nitrogens is 1. The third-order valence-electron chi connectivity index (χ3n) is 4.01. The van der Waals surface area contributed by atoms with Gasteiger partial charge in [-0.2, -0.15) is 0 Å². The zero-order chi connectivity index (χ0) is 14.7. The molecule has 1 aromatic rings. The molecule has 0 aromatic carbocycles. The molecule has 21 heavy (non-hydrogen) atoms. The Morgan fingerprint density at radius 1 is 1.48 bits per heavy atom. The van der Waals surface area contributed by atoms with Crippen LogP contribution in [-0.2, 0) is 10.5 Å². The van der Waals surface area contributed by atoms with Gasteiger partial charge in [0, 0.05) is 36.5 Å². The van der Waals surface area contributed by atoms with Crippen molar-refractivity contribution in [2.24, 2.45) is 0 Å². The van der Waals surface area contributed by atoms with Crippen LogP contribution in [0.1, 0.15) is 30.9 Å². The molecule has 120 valence electrons. The van der Waals surface area contributed by atoms with Crippen LogP contribution in [0.25, 0.3) is 0 Å². The van der Waals surface area contributed by atoms with Gasteiger partial charge in [-0.05, 0) is 27.7 Å². The largest absolute Gasteiger partial charge is 0.361 e. The summed E-state index contributed by atoms with van der Waals surface area (Å²) in [4.78, 5) is 14.3. The highest BCUT2D eigenvalue weighted by Crippen LogP contribution is 2.20. The van der Waals surface area contributed by atoms with Crippen molar-refractivity contribution in [3.8, 4) is 0 Å². The summed E-state index contributed by atoms with van der Waals surface area (Å²) in [7, 11) is 0. The van der Waals surface area contributed by atoms with Crippen molar-refractivity contribution in [3.63, 3.8) is 0 Å². The molecule has 1 aliphatic rings. The van der Waals surface area contributed by atoms with Gasteiger partial charge >= 0.3 is 0 Å². The number of carbonyl (C=O) groups is 1. The molecule has 1 amide bonds. The van der Waals surface area contributed by atoms with Gasteiger partial charge in [0.05, 0.1) is 11.4 Å². The second kappa shape index (κ2) is 8.06. The Balaban J connectivity index is 0.00000220. The minimum Gasteiger partial charge on any atom is -0.361 e. The van der Waals surface area contributed by atoms with E-state index in [1.165, 1.54) is 0 Å². The van der Waals surface area contributed by atoms with Gasteiger partial charge in [0.1, 0.15) is 5.76 Å². The molecule has 2 atom stereocenters. The Labute approximate surface area is 136 Å². The topological polar surface area (TPSA) is 58.4 Å². The quantitative estimate of drug-likeness (QED) is 0.915. The number of thioether (sulfide) groups is 1. The van der Waals surface area contributed by atoms with Gasteiger partial charge in [-0.1, -0.05) is 5.16 Å². The molecule has 1 aromatic heterocycles. The fourth-order valence-electron chi connectivity index (χ4n) is 2.44. The summed E-state index contributed by atoms with van der Waals surface area (Å²) in [6.07, 6.45) is 0. The summed E-state index contributed by atoms with van der Waals surface area (Å²) in [5, 5.41) is 7.32. The maximum atomic E-state index is 12.3. The Hall–Kier alpha value is -0.720. The molecule has 1 saturated heterocycles. The highest BCUT2D eigenvalue weighted by molar-refractivity contribution is 7.99. The first kappa shape index (κ1) is 18.3. The number of piperazine rings is 1. The number of rotatable bonds is 4. The molecular formula is C14H24ClN3O2S. The molecule has 2 unspecified atom stereocenters. The smallest absolute Gasteiger partial charge is 0.232 e. The van der Waals surface area contributed by atoms with E-state index in [9.17, 15) is 4.79 Å². The zero-order valence-corrected chi connectivity index (χ0v) is 14.6. The monoisotopic (exact) mass is 333 g/mol. The van der Waals surface area contributed by atoms with Crippen molar-refractivity contribution in [1.29, 1.82) is 0 Å². The van der Waals surface area contributed by atoms with Crippen LogP contribution in [0, 0.1) is 13.8 Å². The van der Waals surface area contributed by atoms with E-state index in [1.54, 1.807) is 11.8 Å². The fourth-order valence-corrected chi connectivity index (χ4v) is 3.50. The first-order chi connectivity index (χ1) is 9.50. The van der Waals surface area contributed by atoms with Crippen LogP contribution in [-0.4, -0.2) is 46.9 Å². The fraction of sp³-hybridized carbons (Fsp3) is 0.714. The van der Waals surface area contributed by atoms with Crippen LogP contribution in [0.5, 0.6) is 0 Å². The average Bonchev–Trinajstić information content (AvgIpc) is 2.73. The highest BCUT2D eigenvalue weighted by atomic mass is 35.5. The molecule has 0 radical (unpaired) electrons. The highest BCUT2D eigenvalue weighted by Gasteiger charge is 2.27. The normalized spacial score (nSPS) is 22.0. The lowest BCUT2D eigenvalue weighted by atomic mass is 10.1. The van der Waals surface area contributed by atoms with E-state index in [4.69, 9.17) is 4.52 Å². The van der Waals surface area contributed by atoms with Crippen molar-refractivity contribution in [3.05, 3.63) is 17.0 Å². The van der Waals surface area contributed by atoms with Gasteiger partial charge < -0.3 is 14.7 Å². The van der Waals surface area contributed by atoms with E-state index in [0.717, 1.165) is 35.9 Å². The second-order valence-electron chi connectivity index (χ2n) is 5.37. The Morgan fingerprint density at radius 3 is 2.81 bits per heavy atom. The molecule has 1 N–H and O–H groups in total. The third kappa shape index (κ3) is 4.37. The maximum absolute atomic E-state index is 12.3. The molecule has 7 heteroatoms. The van der Waals surface area contributed by atoms with Gasteiger partial charge in [0.2, 0.25) is 5.91 Å². The lowest BCUT2D eigenvalue weighted by Gasteiger charge is -2.38. The van der Waals surface area contributed by atoms with E-state index in [2.05, 4.69) is 24.3 Å².